The van der Waals surface area contributed by atoms with Gasteiger partial charge in [0.15, 0.2) is 0 Å². The second-order valence-corrected chi connectivity index (χ2v) is 8.47. The van der Waals surface area contributed by atoms with Gasteiger partial charge >= 0.3 is 5.97 Å². The molecule has 1 N–H and O–H groups in total. The zero-order chi connectivity index (χ0) is 18.7. The molecular weight excluding hydrogens is 350 g/mol. The van der Waals surface area contributed by atoms with Crippen molar-refractivity contribution in [3.05, 3.63) is 34.9 Å². The van der Waals surface area contributed by atoms with Gasteiger partial charge in [0.2, 0.25) is 0 Å². The van der Waals surface area contributed by atoms with Crippen molar-refractivity contribution >= 4 is 17.6 Å². The smallest absolute Gasteiger partial charge is 0.320 e. The highest BCUT2D eigenvalue weighted by Crippen LogP contribution is 2.52. The number of rotatable bonds is 8. The van der Waals surface area contributed by atoms with Gasteiger partial charge < -0.3 is 10.0 Å². The van der Waals surface area contributed by atoms with Gasteiger partial charge in [0.05, 0.1) is 0 Å². The van der Waals surface area contributed by atoms with Crippen LogP contribution in [0.25, 0.3) is 0 Å². The molecule has 6 heteroatoms. The van der Waals surface area contributed by atoms with Gasteiger partial charge in [-0.2, -0.15) is 0 Å². The maximum absolute atomic E-state index is 12.0. The van der Waals surface area contributed by atoms with Crippen molar-refractivity contribution in [3.63, 3.8) is 0 Å². The van der Waals surface area contributed by atoms with Crippen LogP contribution in [0.1, 0.15) is 24.8 Å². The van der Waals surface area contributed by atoms with E-state index in [1.165, 1.54) is 5.56 Å². The predicted molar refractivity (Wildman–Crippen MR) is 105 cm³/mol. The third-order valence-electron chi connectivity index (χ3n) is 5.87. The van der Waals surface area contributed by atoms with E-state index < -0.39 is 12.0 Å². The molecule has 1 aliphatic heterocycles. The number of hydrogen-bond acceptors (Lipinski definition) is 4. The van der Waals surface area contributed by atoms with Crippen LogP contribution in [0.3, 0.4) is 0 Å². The second kappa shape index (κ2) is 8.26. The topological polar surface area (TPSA) is 47.0 Å². The molecular formula is C20H30ClN3O2. The van der Waals surface area contributed by atoms with E-state index in [0.29, 0.717) is 6.42 Å². The van der Waals surface area contributed by atoms with Gasteiger partial charge in [0.1, 0.15) is 6.04 Å². The Morgan fingerprint density at radius 3 is 2.50 bits per heavy atom. The molecule has 1 atom stereocenters. The number of piperazine rings is 1. The molecule has 1 aliphatic carbocycles. The maximum Gasteiger partial charge on any atom is 0.320 e. The van der Waals surface area contributed by atoms with Crippen molar-refractivity contribution in [1.82, 2.24) is 14.7 Å². The summed E-state index contributed by atoms with van der Waals surface area (Å²) in [6.45, 7) is 5.64. The molecule has 144 valence electrons. The SMILES string of the molecule is CN(C)CCN1CCN(C(CC2(c3cccc(Cl)c3)CC2)C(=O)O)CC1. The van der Waals surface area contributed by atoms with Crippen molar-refractivity contribution < 1.29 is 9.90 Å². The molecule has 0 bridgehead atoms. The summed E-state index contributed by atoms with van der Waals surface area (Å²) in [5.41, 5.74) is 1.19. The number of carboxylic acid groups (broad SMARTS) is 1. The summed E-state index contributed by atoms with van der Waals surface area (Å²) in [7, 11) is 4.17. The Morgan fingerprint density at radius 1 is 1.27 bits per heavy atom. The molecule has 26 heavy (non-hydrogen) atoms. The Balaban J connectivity index is 1.61. The first-order valence-electron chi connectivity index (χ1n) is 9.50. The first-order chi connectivity index (χ1) is 12.4. The summed E-state index contributed by atoms with van der Waals surface area (Å²) in [6.07, 6.45) is 2.79. The number of carbonyl (C=O) groups is 1. The fourth-order valence-corrected chi connectivity index (χ4v) is 4.15. The number of halogens is 1. The van der Waals surface area contributed by atoms with Crippen LogP contribution in [-0.4, -0.2) is 85.2 Å². The Hall–Kier alpha value is -1.14. The molecule has 1 heterocycles. The monoisotopic (exact) mass is 379 g/mol. The Kier molecular flexibility index (Phi) is 6.23. The first kappa shape index (κ1) is 19.6. The molecule has 2 fully saturated rings. The maximum atomic E-state index is 12.0. The van der Waals surface area contributed by atoms with Crippen molar-refractivity contribution in [2.24, 2.45) is 0 Å². The Morgan fingerprint density at radius 2 is 1.96 bits per heavy atom. The minimum atomic E-state index is -0.694. The van der Waals surface area contributed by atoms with Gasteiger partial charge in [0, 0.05) is 44.3 Å². The van der Waals surface area contributed by atoms with Crippen molar-refractivity contribution in [2.45, 2.75) is 30.7 Å². The minimum Gasteiger partial charge on any atom is -0.480 e. The average molecular weight is 380 g/mol. The van der Waals surface area contributed by atoms with E-state index in [9.17, 15) is 9.90 Å². The molecule has 3 rings (SSSR count). The van der Waals surface area contributed by atoms with Crippen molar-refractivity contribution in [1.29, 1.82) is 0 Å². The lowest BCUT2D eigenvalue weighted by molar-refractivity contribution is -0.144. The number of likely N-dealkylation sites (N-methyl/N-ethyl adjacent to an activating group) is 1. The fraction of sp³-hybridized carbons (Fsp3) is 0.650. The van der Waals surface area contributed by atoms with Crippen molar-refractivity contribution in [2.75, 3.05) is 53.4 Å². The largest absolute Gasteiger partial charge is 0.480 e. The Bertz CT molecular complexity index is 625. The van der Waals surface area contributed by atoms with E-state index in [-0.39, 0.29) is 5.41 Å². The zero-order valence-electron chi connectivity index (χ0n) is 15.8. The number of carboxylic acids is 1. The van der Waals surface area contributed by atoms with E-state index in [0.717, 1.165) is 57.1 Å². The minimum absolute atomic E-state index is 0.00395. The average Bonchev–Trinajstić information content (AvgIpc) is 3.39. The highest BCUT2D eigenvalue weighted by molar-refractivity contribution is 6.30. The van der Waals surface area contributed by atoms with E-state index in [2.05, 4.69) is 34.9 Å². The number of hydrogen-bond donors (Lipinski definition) is 1. The lowest BCUT2D eigenvalue weighted by Crippen LogP contribution is -2.54. The molecule has 1 aromatic carbocycles. The van der Waals surface area contributed by atoms with Gasteiger partial charge in [-0.25, -0.2) is 0 Å². The van der Waals surface area contributed by atoms with Gasteiger partial charge in [0.25, 0.3) is 0 Å². The summed E-state index contributed by atoms with van der Waals surface area (Å²) in [5.74, 6) is -0.694. The van der Waals surface area contributed by atoms with Crippen LogP contribution in [0.15, 0.2) is 24.3 Å². The van der Waals surface area contributed by atoms with E-state index >= 15 is 0 Å². The fourth-order valence-electron chi connectivity index (χ4n) is 3.96. The summed E-state index contributed by atoms with van der Waals surface area (Å²) in [4.78, 5) is 18.8. The summed E-state index contributed by atoms with van der Waals surface area (Å²) < 4.78 is 0. The van der Waals surface area contributed by atoms with Crippen LogP contribution in [0.5, 0.6) is 0 Å². The summed E-state index contributed by atoms with van der Waals surface area (Å²) in [6, 6.07) is 7.54. The van der Waals surface area contributed by atoms with Crippen LogP contribution < -0.4 is 0 Å². The molecule has 0 radical (unpaired) electrons. The second-order valence-electron chi connectivity index (χ2n) is 8.03. The third kappa shape index (κ3) is 4.77. The number of aliphatic carboxylic acids is 1. The van der Waals surface area contributed by atoms with Crippen LogP contribution in [0, 0.1) is 0 Å². The molecule has 0 aromatic heterocycles. The van der Waals surface area contributed by atoms with Crippen LogP contribution in [0.2, 0.25) is 5.02 Å². The highest BCUT2D eigenvalue weighted by Gasteiger charge is 2.48. The molecule has 0 spiro atoms. The van der Waals surface area contributed by atoms with E-state index in [1.54, 1.807) is 0 Å². The lowest BCUT2D eigenvalue weighted by atomic mass is 9.88. The van der Waals surface area contributed by atoms with Crippen LogP contribution in [0.4, 0.5) is 0 Å². The third-order valence-corrected chi connectivity index (χ3v) is 6.11. The molecule has 1 saturated carbocycles. The molecule has 1 saturated heterocycles. The van der Waals surface area contributed by atoms with Gasteiger partial charge in [-0.05, 0) is 56.5 Å². The van der Waals surface area contributed by atoms with Gasteiger partial charge in [-0.3, -0.25) is 14.6 Å². The Labute approximate surface area is 161 Å². The normalized spacial score (nSPS) is 21.7. The van der Waals surface area contributed by atoms with Crippen molar-refractivity contribution in [3.8, 4) is 0 Å². The summed E-state index contributed by atoms with van der Waals surface area (Å²) in [5, 5.41) is 10.6. The highest BCUT2D eigenvalue weighted by atomic mass is 35.5. The number of nitrogens with zero attached hydrogens (tertiary/aromatic N) is 3. The lowest BCUT2D eigenvalue weighted by Gasteiger charge is -2.39. The molecule has 2 aliphatic rings. The zero-order valence-corrected chi connectivity index (χ0v) is 16.6. The van der Waals surface area contributed by atoms with Crippen LogP contribution >= 0.6 is 11.6 Å². The standard InChI is InChI=1S/C20H30ClN3O2/c1-22(2)8-9-23-10-12-24(13-11-23)18(19(25)26)15-20(6-7-20)16-4-3-5-17(21)14-16/h3-5,14,18H,6-13,15H2,1-2H3,(H,25,26). The van der Waals surface area contributed by atoms with E-state index in [1.807, 2.05) is 18.2 Å². The molecule has 1 aromatic rings. The molecule has 1 unspecified atom stereocenters. The first-order valence-corrected chi connectivity index (χ1v) is 9.87. The van der Waals surface area contributed by atoms with Crippen LogP contribution in [-0.2, 0) is 10.2 Å². The number of benzene rings is 1. The molecule has 5 nitrogen and oxygen atoms in total. The quantitative estimate of drug-likeness (QED) is 0.751. The van der Waals surface area contributed by atoms with Gasteiger partial charge in [-0.1, -0.05) is 23.7 Å². The molecule has 0 amide bonds. The predicted octanol–water partition coefficient (Wildman–Crippen LogP) is 2.39. The summed E-state index contributed by atoms with van der Waals surface area (Å²) >= 11 is 6.16. The van der Waals surface area contributed by atoms with Gasteiger partial charge in [-0.15, -0.1) is 0 Å². The van der Waals surface area contributed by atoms with E-state index in [4.69, 9.17) is 11.6 Å².